The Balaban J connectivity index is 1.79. The predicted octanol–water partition coefficient (Wildman–Crippen LogP) is 5.25. The van der Waals surface area contributed by atoms with Crippen LogP contribution in [-0.4, -0.2) is 22.9 Å². The maximum absolute atomic E-state index is 6.42. The lowest BCUT2D eigenvalue weighted by atomic mass is 9.76. The van der Waals surface area contributed by atoms with Crippen molar-refractivity contribution in [2.45, 2.75) is 32.0 Å². The van der Waals surface area contributed by atoms with Crippen molar-refractivity contribution >= 4 is 34.4 Å². The zero-order valence-electron chi connectivity index (χ0n) is 17.1. The molecule has 0 saturated carbocycles. The molecule has 0 spiro atoms. The average Bonchev–Trinajstić information content (AvgIpc) is 3.20. The molecule has 1 aromatic heterocycles. The summed E-state index contributed by atoms with van der Waals surface area (Å²) in [6.07, 6.45) is 1.85. The van der Waals surface area contributed by atoms with Gasteiger partial charge in [-0.25, -0.2) is 0 Å². The Labute approximate surface area is 171 Å². The van der Waals surface area contributed by atoms with Crippen LogP contribution in [0.3, 0.4) is 0 Å². The molecule has 2 heterocycles. The van der Waals surface area contributed by atoms with Crippen LogP contribution in [0.1, 0.15) is 20.8 Å². The number of aromatic nitrogens is 1. The summed E-state index contributed by atoms with van der Waals surface area (Å²) < 4.78 is 15.1. The number of para-hydroxylation sites is 2. The van der Waals surface area contributed by atoms with Crippen molar-refractivity contribution in [1.29, 1.82) is 0 Å². The molecule has 4 heteroatoms. The Morgan fingerprint density at radius 2 is 1.52 bits per heavy atom. The highest BCUT2D eigenvalue weighted by Gasteiger charge is 2.53. The van der Waals surface area contributed by atoms with Crippen LogP contribution in [0.25, 0.3) is 27.5 Å². The van der Waals surface area contributed by atoms with Gasteiger partial charge in [0.15, 0.2) is 0 Å². The van der Waals surface area contributed by atoms with Crippen LogP contribution in [0.4, 0.5) is 0 Å². The first-order valence-corrected chi connectivity index (χ1v) is 10.0. The fraction of sp³-hybridized carbons (Fsp3) is 0.200. The molecule has 1 saturated heterocycles. The summed E-state index contributed by atoms with van der Waals surface area (Å²) in [6, 6.07) is 25.3. The van der Waals surface area contributed by atoms with E-state index in [0.29, 0.717) is 0 Å². The fourth-order valence-electron chi connectivity index (χ4n) is 4.29. The summed E-state index contributed by atoms with van der Waals surface area (Å²) in [5.74, 6) is 0. The molecule has 3 nitrogen and oxygen atoms in total. The lowest BCUT2D eigenvalue weighted by Crippen LogP contribution is -2.42. The van der Waals surface area contributed by atoms with Crippen molar-refractivity contribution < 1.29 is 9.31 Å². The van der Waals surface area contributed by atoms with Crippen molar-refractivity contribution in [3.8, 4) is 5.69 Å². The van der Waals surface area contributed by atoms with Crippen molar-refractivity contribution in [3.05, 3.63) is 85.5 Å². The molecule has 1 aliphatic rings. The minimum atomic E-state index is -0.558. The van der Waals surface area contributed by atoms with E-state index in [0.717, 1.165) is 16.7 Å². The van der Waals surface area contributed by atoms with Gasteiger partial charge in [0.1, 0.15) is 0 Å². The number of rotatable bonds is 3. The zero-order chi connectivity index (χ0) is 20.2. The lowest BCUT2D eigenvalue weighted by Gasteiger charge is -2.33. The van der Waals surface area contributed by atoms with Crippen LogP contribution < -0.4 is 5.46 Å². The maximum atomic E-state index is 6.42. The van der Waals surface area contributed by atoms with Crippen LogP contribution in [0.15, 0.2) is 85.5 Å². The number of benzene rings is 3. The number of fused-ring (bicyclic) bond motifs is 3. The normalized spacial score (nSPS) is 21.1. The predicted molar refractivity (Wildman–Crippen MR) is 121 cm³/mol. The van der Waals surface area contributed by atoms with Crippen LogP contribution in [0.2, 0.25) is 0 Å². The molecule has 0 radical (unpaired) electrons. The molecule has 1 fully saturated rings. The maximum Gasteiger partial charge on any atom is 0.495 e. The van der Waals surface area contributed by atoms with Gasteiger partial charge in [0.05, 0.1) is 22.2 Å². The first-order valence-electron chi connectivity index (χ1n) is 10.0. The van der Waals surface area contributed by atoms with Crippen molar-refractivity contribution in [2.75, 3.05) is 0 Å². The first kappa shape index (κ1) is 18.2. The third-order valence-electron chi connectivity index (χ3n) is 6.34. The quantitative estimate of drug-likeness (QED) is 0.358. The summed E-state index contributed by atoms with van der Waals surface area (Å²) in [4.78, 5) is 0. The molecule has 0 aliphatic carbocycles. The van der Waals surface area contributed by atoms with E-state index in [-0.39, 0.29) is 0 Å². The standard InChI is InChI=1S/C25H24BNO2/c1-5-25(4)24(2,3)28-26(29-25)20-15-11-17-22-23(20)19-14-9-10-16-21(19)27(22)18-12-7-6-8-13-18/h5-17H,1H2,2-4H3. The molecule has 5 rings (SSSR count). The molecular formula is C25H24BNO2. The highest BCUT2D eigenvalue weighted by Crippen LogP contribution is 2.39. The summed E-state index contributed by atoms with van der Waals surface area (Å²) in [5.41, 5.74) is 3.47. The van der Waals surface area contributed by atoms with Gasteiger partial charge in [0.2, 0.25) is 0 Å². The van der Waals surface area contributed by atoms with E-state index in [4.69, 9.17) is 9.31 Å². The number of nitrogens with zero attached hydrogens (tertiary/aromatic N) is 1. The van der Waals surface area contributed by atoms with E-state index in [1.807, 2.05) is 19.1 Å². The van der Waals surface area contributed by atoms with Crippen LogP contribution in [0, 0.1) is 0 Å². The molecule has 3 aromatic carbocycles. The molecule has 0 N–H and O–H groups in total. The molecule has 144 valence electrons. The van der Waals surface area contributed by atoms with Crippen LogP contribution >= 0.6 is 0 Å². The Kier molecular flexibility index (Phi) is 3.99. The summed E-state index contributed by atoms with van der Waals surface area (Å²) in [6.45, 7) is 10.1. The third kappa shape index (κ3) is 2.60. The monoisotopic (exact) mass is 381 g/mol. The second-order valence-corrected chi connectivity index (χ2v) is 8.32. The first-order chi connectivity index (χ1) is 14.0. The van der Waals surface area contributed by atoms with Gasteiger partial charge < -0.3 is 13.9 Å². The highest BCUT2D eigenvalue weighted by atomic mass is 16.7. The number of hydrogen-bond donors (Lipinski definition) is 0. The van der Waals surface area contributed by atoms with Gasteiger partial charge in [-0.1, -0.05) is 54.6 Å². The van der Waals surface area contributed by atoms with Gasteiger partial charge in [-0.05, 0) is 50.5 Å². The van der Waals surface area contributed by atoms with Crippen molar-refractivity contribution in [1.82, 2.24) is 4.57 Å². The third-order valence-corrected chi connectivity index (χ3v) is 6.34. The van der Waals surface area contributed by atoms with Gasteiger partial charge in [-0.2, -0.15) is 0 Å². The molecule has 29 heavy (non-hydrogen) atoms. The minimum absolute atomic E-state index is 0.452. The summed E-state index contributed by atoms with van der Waals surface area (Å²) in [5, 5.41) is 2.36. The lowest BCUT2D eigenvalue weighted by molar-refractivity contribution is 0.0288. The van der Waals surface area contributed by atoms with Crippen LogP contribution in [0.5, 0.6) is 0 Å². The SMILES string of the molecule is C=CC1(C)OB(c2cccc3c2c2ccccc2n3-c2ccccc2)OC1(C)C. The van der Waals surface area contributed by atoms with E-state index >= 15 is 0 Å². The Morgan fingerprint density at radius 3 is 2.24 bits per heavy atom. The molecule has 0 amide bonds. The summed E-state index contributed by atoms with van der Waals surface area (Å²) in [7, 11) is -0.452. The van der Waals surface area contributed by atoms with Crippen molar-refractivity contribution in [2.24, 2.45) is 0 Å². The molecular weight excluding hydrogens is 357 g/mol. The molecule has 0 bridgehead atoms. The van der Waals surface area contributed by atoms with E-state index in [9.17, 15) is 0 Å². The second kappa shape index (κ2) is 6.34. The Bertz CT molecular complexity index is 1230. The smallest absolute Gasteiger partial charge is 0.399 e. The van der Waals surface area contributed by atoms with Gasteiger partial charge >= 0.3 is 7.12 Å². The van der Waals surface area contributed by atoms with E-state index < -0.39 is 18.3 Å². The highest BCUT2D eigenvalue weighted by molar-refractivity contribution is 6.66. The van der Waals surface area contributed by atoms with Crippen LogP contribution in [-0.2, 0) is 9.31 Å². The Hall–Kier alpha value is -2.82. The average molecular weight is 381 g/mol. The molecule has 1 unspecified atom stereocenters. The number of hydrogen-bond acceptors (Lipinski definition) is 2. The minimum Gasteiger partial charge on any atom is -0.399 e. The van der Waals surface area contributed by atoms with E-state index in [1.54, 1.807) is 0 Å². The summed E-state index contributed by atoms with van der Waals surface area (Å²) >= 11 is 0. The van der Waals surface area contributed by atoms with Crippen molar-refractivity contribution in [3.63, 3.8) is 0 Å². The largest absolute Gasteiger partial charge is 0.495 e. The second-order valence-electron chi connectivity index (χ2n) is 8.32. The van der Waals surface area contributed by atoms with Gasteiger partial charge in [0, 0.05) is 16.5 Å². The van der Waals surface area contributed by atoms with E-state index in [2.05, 4.69) is 91.7 Å². The molecule has 1 atom stereocenters. The fourth-order valence-corrected chi connectivity index (χ4v) is 4.29. The topological polar surface area (TPSA) is 23.4 Å². The van der Waals surface area contributed by atoms with Gasteiger partial charge in [-0.3, -0.25) is 0 Å². The van der Waals surface area contributed by atoms with E-state index in [1.165, 1.54) is 16.3 Å². The van der Waals surface area contributed by atoms with Gasteiger partial charge in [0.25, 0.3) is 0 Å². The molecule has 4 aromatic rings. The zero-order valence-corrected chi connectivity index (χ0v) is 17.1. The van der Waals surface area contributed by atoms with Gasteiger partial charge in [-0.15, -0.1) is 6.58 Å². The Morgan fingerprint density at radius 1 is 0.828 bits per heavy atom. The molecule has 1 aliphatic heterocycles.